The Morgan fingerprint density at radius 1 is 1.19 bits per heavy atom. The van der Waals surface area contributed by atoms with Crippen molar-refractivity contribution in [1.82, 2.24) is 15.1 Å². The Bertz CT molecular complexity index is 867. The molecule has 0 spiro atoms. The summed E-state index contributed by atoms with van der Waals surface area (Å²) in [6.07, 6.45) is 0.885. The predicted octanol–water partition coefficient (Wildman–Crippen LogP) is 2.19. The van der Waals surface area contributed by atoms with Gasteiger partial charge < -0.3 is 10.1 Å². The van der Waals surface area contributed by atoms with Gasteiger partial charge in [0.25, 0.3) is 0 Å². The number of nitrogens with one attached hydrogen (secondary N) is 1. The van der Waals surface area contributed by atoms with E-state index in [1.54, 1.807) is 7.11 Å². The molecule has 0 saturated carbocycles. The molecule has 6 heteroatoms. The van der Waals surface area contributed by atoms with Crippen molar-refractivity contribution in [1.29, 1.82) is 0 Å². The van der Waals surface area contributed by atoms with E-state index < -0.39 is 0 Å². The Labute approximate surface area is 158 Å². The highest BCUT2D eigenvalue weighted by Crippen LogP contribution is 2.36. The molecule has 2 heterocycles. The van der Waals surface area contributed by atoms with Gasteiger partial charge in [0, 0.05) is 19.6 Å². The van der Waals surface area contributed by atoms with Crippen molar-refractivity contribution in [3.63, 3.8) is 0 Å². The van der Waals surface area contributed by atoms with E-state index in [-0.39, 0.29) is 24.5 Å². The molecule has 0 unspecified atom stereocenters. The van der Waals surface area contributed by atoms with Gasteiger partial charge in [0.2, 0.25) is 5.91 Å². The van der Waals surface area contributed by atoms with Crippen LogP contribution in [0.1, 0.15) is 22.7 Å². The first-order valence-electron chi connectivity index (χ1n) is 9.21. The lowest BCUT2D eigenvalue weighted by Crippen LogP contribution is -2.45. The molecule has 2 aromatic carbocycles. The number of rotatable bonds is 4. The normalized spacial score (nSPS) is 19.5. The highest BCUT2D eigenvalue weighted by Gasteiger charge is 2.33. The maximum atomic E-state index is 12.7. The van der Waals surface area contributed by atoms with Crippen LogP contribution in [-0.2, 0) is 11.2 Å². The molecule has 4 rings (SSSR count). The van der Waals surface area contributed by atoms with Crippen molar-refractivity contribution in [3.8, 4) is 5.75 Å². The van der Waals surface area contributed by atoms with E-state index in [2.05, 4.69) is 34.5 Å². The fourth-order valence-electron chi connectivity index (χ4n) is 3.96. The lowest BCUT2D eigenvalue weighted by molar-refractivity contribution is -0.129. The third-order valence-electron chi connectivity index (χ3n) is 5.29. The largest absolute Gasteiger partial charge is 0.497 e. The molecular weight excluding hydrogens is 342 g/mol. The van der Waals surface area contributed by atoms with E-state index in [1.807, 2.05) is 24.3 Å². The minimum Gasteiger partial charge on any atom is -0.497 e. The van der Waals surface area contributed by atoms with Crippen molar-refractivity contribution in [2.45, 2.75) is 12.5 Å². The van der Waals surface area contributed by atoms with Crippen molar-refractivity contribution < 1.29 is 14.3 Å². The number of fused-ring (bicyclic) bond motifs is 1. The summed E-state index contributed by atoms with van der Waals surface area (Å²) in [5.74, 6) is 0.637. The molecular formula is C21H23N3O3. The second-order valence-corrected chi connectivity index (χ2v) is 6.88. The third kappa shape index (κ3) is 3.40. The molecule has 140 valence electrons. The summed E-state index contributed by atoms with van der Waals surface area (Å²) in [5.41, 5.74) is 3.59. The maximum absolute atomic E-state index is 12.7. The van der Waals surface area contributed by atoms with Gasteiger partial charge in [-0.25, -0.2) is 4.79 Å². The van der Waals surface area contributed by atoms with Gasteiger partial charge in [-0.1, -0.05) is 36.4 Å². The van der Waals surface area contributed by atoms with Crippen LogP contribution in [0.25, 0.3) is 0 Å². The number of benzene rings is 2. The van der Waals surface area contributed by atoms with Crippen LogP contribution < -0.4 is 10.1 Å². The summed E-state index contributed by atoms with van der Waals surface area (Å²) in [6.45, 7) is 1.93. The molecule has 2 aliphatic rings. The van der Waals surface area contributed by atoms with Crippen molar-refractivity contribution >= 4 is 11.9 Å². The first kappa shape index (κ1) is 17.5. The van der Waals surface area contributed by atoms with Crippen LogP contribution in [0.2, 0.25) is 0 Å². The second kappa shape index (κ2) is 7.40. The quantitative estimate of drug-likeness (QED) is 0.902. The molecule has 27 heavy (non-hydrogen) atoms. The van der Waals surface area contributed by atoms with Crippen LogP contribution in [0.5, 0.6) is 5.75 Å². The number of nitrogens with zero attached hydrogens (tertiary/aromatic N) is 2. The number of carbonyl (C=O) groups excluding carboxylic acids is 2. The van der Waals surface area contributed by atoms with Crippen LogP contribution in [0, 0.1) is 0 Å². The standard InChI is InChI=1S/C21H23N3O3/c1-27-17-7-4-6-16(13-17)20-18-8-3-2-5-15(18)9-11-23(20)14-19(25)24-12-10-22-21(24)26/h2-8,13,20H,9-12,14H2,1H3,(H,22,26)/t20-/m1/s1. The van der Waals surface area contributed by atoms with Gasteiger partial charge in [0.15, 0.2) is 0 Å². The van der Waals surface area contributed by atoms with Gasteiger partial charge >= 0.3 is 6.03 Å². The lowest BCUT2D eigenvalue weighted by Gasteiger charge is -2.37. The van der Waals surface area contributed by atoms with E-state index in [0.717, 1.165) is 24.3 Å². The summed E-state index contributed by atoms with van der Waals surface area (Å²) in [5, 5.41) is 2.69. The summed E-state index contributed by atoms with van der Waals surface area (Å²) >= 11 is 0. The Morgan fingerprint density at radius 2 is 2.04 bits per heavy atom. The molecule has 1 atom stereocenters. The fraction of sp³-hybridized carbons (Fsp3) is 0.333. The Kier molecular flexibility index (Phi) is 4.81. The minimum atomic E-state index is -0.296. The number of carbonyl (C=O) groups is 2. The molecule has 6 nitrogen and oxygen atoms in total. The molecule has 1 fully saturated rings. The minimum absolute atomic E-state index is 0.0420. The first-order chi connectivity index (χ1) is 13.2. The average Bonchev–Trinajstić information content (AvgIpc) is 3.14. The molecule has 3 amide bonds. The third-order valence-corrected chi connectivity index (χ3v) is 5.29. The maximum Gasteiger partial charge on any atom is 0.324 e. The van der Waals surface area contributed by atoms with Gasteiger partial charge in [0.1, 0.15) is 5.75 Å². The Balaban J connectivity index is 1.67. The summed E-state index contributed by atoms with van der Waals surface area (Å²) in [6, 6.07) is 16.0. The lowest BCUT2D eigenvalue weighted by atomic mass is 9.88. The van der Waals surface area contributed by atoms with E-state index >= 15 is 0 Å². The molecule has 0 bridgehead atoms. The Hall–Kier alpha value is -2.86. The van der Waals surface area contributed by atoms with E-state index in [9.17, 15) is 9.59 Å². The van der Waals surface area contributed by atoms with Gasteiger partial charge in [0.05, 0.1) is 19.7 Å². The molecule has 1 saturated heterocycles. The number of imide groups is 1. The molecule has 2 aliphatic heterocycles. The topological polar surface area (TPSA) is 61.9 Å². The predicted molar refractivity (Wildman–Crippen MR) is 102 cm³/mol. The van der Waals surface area contributed by atoms with E-state index in [4.69, 9.17) is 4.74 Å². The zero-order valence-electron chi connectivity index (χ0n) is 15.4. The zero-order valence-corrected chi connectivity index (χ0v) is 15.4. The van der Waals surface area contributed by atoms with E-state index in [0.29, 0.717) is 13.1 Å². The smallest absolute Gasteiger partial charge is 0.324 e. The number of amides is 3. The SMILES string of the molecule is COc1cccc([C@@H]2c3ccccc3CCN2CC(=O)N2CCNC2=O)c1. The number of ether oxygens (including phenoxy) is 1. The highest BCUT2D eigenvalue weighted by atomic mass is 16.5. The van der Waals surface area contributed by atoms with Crippen LogP contribution >= 0.6 is 0 Å². The van der Waals surface area contributed by atoms with Crippen molar-refractivity contribution in [3.05, 3.63) is 65.2 Å². The van der Waals surface area contributed by atoms with Crippen molar-refractivity contribution in [2.24, 2.45) is 0 Å². The van der Waals surface area contributed by atoms with Gasteiger partial charge in [-0.2, -0.15) is 0 Å². The van der Waals surface area contributed by atoms with Crippen LogP contribution in [0.15, 0.2) is 48.5 Å². The van der Waals surface area contributed by atoms with Gasteiger partial charge in [-0.05, 0) is 35.2 Å². The molecule has 0 aliphatic carbocycles. The fourth-order valence-corrected chi connectivity index (χ4v) is 3.96. The summed E-state index contributed by atoms with van der Waals surface area (Å²) < 4.78 is 5.40. The molecule has 1 N–H and O–H groups in total. The highest BCUT2D eigenvalue weighted by molar-refractivity contribution is 5.96. The van der Waals surface area contributed by atoms with Crippen LogP contribution in [0.3, 0.4) is 0 Å². The van der Waals surface area contributed by atoms with Crippen LogP contribution in [0.4, 0.5) is 4.79 Å². The van der Waals surface area contributed by atoms with Crippen LogP contribution in [-0.4, -0.2) is 55.0 Å². The zero-order chi connectivity index (χ0) is 18.8. The summed E-state index contributed by atoms with van der Waals surface area (Å²) in [7, 11) is 1.65. The number of methoxy groups -OCH3 is 1. The summed E-state index contributed by atoms with van der Waals surface area (Å²) in [4.78, 5) is 28.1. The molecule has 2 aromatic rings. The molecule has 0 aromatic heterocycles. The van der Waals surface area contributed by atoms with Gasteiger partial charge in [-0.3, -0.25) is 14.6 Å². The monoisotopic (exact) mass is 365 g/mol. The number of urea groups is 1. The molecule has 0 radical (unpaired) electrons. The second-order valence-electron chi connectivity index (χ2n) is 6.88. The Morgan fingerprint density at radius 3 is 2.81 bits per heavy atom. The number of hydrogen-bond acceptors (Lipinski definition) is 4. The first-order valence-corrected chi connectivity index (χ1v) is 9.21. The average molecular weight is 365 g/mol. The van der Waals surface area contributed by atoms with Gasteiger partial charge in [-0.15, -0.1) is 0 Å². The van der Waals surface area contributed by atoms with E-state index in [1.165, 1.54) is 16.0 Å². The van der Waals surface area contributed by atoms with Crippen molar-refractivity contribution in [2.75, 3.05) is 33.3 Å². The number of hydrogen-bond donors (Lipinski definition) is 1.